The Balaban J connectivity index is 2.00. The van der Waals surface area contributed by atoms with Gasteiger partial charge in [-0.2, -0.15) is 0 Å². The van der Waals surface area contributed by atoms with Crippen LogP contribution in [0.15, 0.2) is 0 Å². The van der Waals surface area contributed by atoms with Gasteiger partial charge in [0.15, 0.2) is 0 Å². The Bertz CT molecular complexity index is 221. The second kappa shape index (κ2) is 5.05. The normalized spacial score (nSPS) is 33.0. The van der Waals surface area contributed by atoms with Gasteiger partial charge in [-0.1, -0.05) is 26.2 Å². The molecule has 2 nitrogen and oxygen atoms in total. The number of nitrogens with one attached hydrogen (secondary N) is 1. The van der Waals surface area contributed by atoms with Gasteiger partial charge in [-0.25, -0.2) is 0 Å². The minimum absolute atomic E-state index is 0.381. The first-order valence-electron chi connectivity index (χ1n) is 7.08. The molecule has 1 spiro atoms. The smallest absolute Gasteiger partial charge is 0.0664 e. The van der Waals surface area contributed by atoms with E-state index in [0.29, 0.717) is 17.6 Å². The highest BCUT2D eigenvalue weighted by Crippen LogP contribution is 2.53. The summed E-state index contributed by atoms with van der Waals surface area (Å²) in [7, 11) is 0. The van der Waals surface area contributed by atoms with E-state index >= 15 is 0 Å². The van der Waals surface area contributed by atoms with E-state index < -0.39 is 0 Å². The molecule has 0 bridgehead atoms. The standard InChI is InChI=1S/C14H27NO/c1-4-15-12-10-13(16-11(2)3)14(12)8-6-5-7-9-14/h11-13,15H,4-10H2,1-3H3. The fourth-order valence-corrected chi connectivity index (χ4v) is 3.68. The Labute approximate surface area is 100 Å². The third-order valence-corrected chi connectivity index (χ3v) is 4.46. The van der Waals surface area contributed by atoms with Gasteiger partial charge in [0.05, 0.1) is 12.2 Å². The summed E-state index contributed by atoms with van der Waals surface area (Å²) >= 11 is 0. The molecule has 0 aromatic carbocycles. The van der Waals surface area contributed by atoms with E-state index in [2.05, 4.69) is 26.1 Å². The maximum absolute atomic E-state index is 6.12. The quantitative estimate of drug-likeness (QED) is 0.794. The van der Waals surface area contributed by atoms with E-state index in [-0.39, 0.29) is 0 Å². The van der Waals surface area contributed by atoms with Gasteiger partial charge in [0, 0.05) is 11.5 Å². The summed E-state index contributed by atoms with van der Waals surface area (Å²) in [5.74, 6) is 0. The van der Waals surface area contributed by atoms with E-state index in [1.807, 2.05) is 0 Å². The minimum Gasteiger partial charge on any atom is -0.375 e. The van der Waals surface area contributed by atoms with Gasteiger partial charge in [-0.3, -0.25) is 0 Å². The van der Waals surface area contributed by atoms with Crippen LogP contribution in [0, 0.1) is 5.41 Å². The van der Waals surface area contributed by atoms with Crippen molar-refractivity contribution in [2.45, 2.75) is 77.5 Å². The maximum Gasteiger partial charge on any atom is 0.0664 e. The molecule has 2 unspecified atom stereocenters. The van der Waals surface area contributed by atoms with Gasteiger partial charge in [-0.15, -0.1) is 0 Å². The topological polar surface area (TPSA) is 21.3 Å². The first-order valence-corrected chi connectivity index (χ1v) is 7.08. The van der Waals surface area contributed by atoms with Crippen molar-refractivity contribution in [2.75, 3.05) is 6.54 Å². The number of ether oxygens (including phenoxy) is 1. The molecule has 0 heterocycles. The van der Waals surface area contributed by atoms with Crippen molar-refractivity contribution in [3.05, 3.63) is 0 Å². The molecule has 2 aliphatic rings. The summed E-state index contributed by atoms with van der Waals surface area (Å²) in [6, 6.07) is 0.724. The average Bonchev–Trinajstić information content (AvgIpc) is 2.28. The lowest BCUT2D eigenvalue weighted by Crippen LogP contribution is -2.64. The second-order valence-corrected chi connectivity index (χ2v) is 5.81. The van der Waals surface area contributed by atoms with Crippen LogP contribution in [0.4, 0.5) is 0 Å². The molecule has 2 atom stereocenters. The lowest BCUT2D eigenvalue weighted by molar-refractivity contribution is -0.169. The molecule has 0 aromatic heterocycles. The highest BCUT2D eigenvalue weighted by atomic mass is 16.5. The molecule has 16 heavy (non-hydrogen) atoms. The van der Waals surface area contributed by atoms with Crippen molar-refractivity contribution < 1.29 is 4.74 Å². The maximum atomic E-state index is 6.12. The van der Waals surface area contributed by atoms with Crippen molar-refractivity contribution in [1.82, 2.24) is 5.32 Å². The molecule has 2 saturated carbocycles. The molecule has 2 fully saturated rings. The lowest BCUT2D eigenvalue weighted by atomic mass is 9.55. The molecule has 0 aliphatic heterocycles. The number of rotatable bonds is 4. The van der Waals surface area contributed by atoms with Crippen LogP contribution in [-0.2, 0) is 4.74 Å². The van der Waals surface area contributed by atoms with Crippen LogP contribution >= 0.6 is 0 Å². The summed E-state index contributed by atoms with van der Waals surface area (Å²) in [5, 5.41) is 3.67. The number of hydrogen-bond acceptors (Lipinski definition) is 2. The average molecular weight is 225 g/mol. The molecule has 1 N–H and O–H groups in total. The number of hydrogen-bond donors (Lipinski definition) is 1. The highest BCUT2D eigenvalue weighted by molar-refractivity contribution is 5.08. The Kier molecular flexibility index (Phi) is 3.91. The zero-order valence-corrected chi connectivity index (χ0v) is 11.1. The summed E-state index contributed by atoms with van der Waals surface area (Å²) in [5.41, 5.74) is 0.485. The fourth-order valence-electron chi connectivity index (χ4n) is 3.68. The van der Waals surface area contributed by atoms with E-state index in [1.165, 1.54) is 38.5 Å². The van der Waals surface area contributed by atoms with Crippen molar-refractivity contribution >= 4 is 0 Å². The van der Waals surface area contributed by atoms with Gasteiger partial charge in [0.25, 0.3) is 0 Å². The summed E-state index contributed by atoms with van der Waals surface area (Å²) in [4.78, 5) is 0. The second-order valence-electron chi connectivity index (χ2n) is 5.81. The van der Waals surface area contributed by atoms with E-state index in [9.17, 15) is 0 Å². The van der Waals surface area contributed by atoms with Gasteiger partial charge in [0.1, 0.15) is 0 Å². The summed E-state index contributed by atoms with van der Waals surface area (Å²) in [6.45, 7) is 7.64. The van der Waals surface area contributed by atoms with Gasteiger partial charge < -0.3 is 10.1 Å². The summed E-state index contributed by atoms with van der Waals surface area (Å²) < 4.78 is 6.12. The van der Waals surface area contributed by atoms with Crippen molar-refractivity contribution in [3.8, 4) is 0 Å². The first kappa shape index (κ1) is 12.4. The fraction of sp³-hybridized carbons (Fsp3) is 1.00. The van der Waals surface area contributed by atoms with Gasteiger partial charge >= 0.3 is 0 Å². The molecular weight excluding hydrogens is 198 g/mol. The molecule has 0 amide bonds. The van der Waals surface area contributed by atoms with Gasteiger partial charge in [-0.05, 0) is 39.7 Å². The van der Waals surface area contributed by atoms with Crippen LogP contribution in [-0.4, -0.2) is 24.8 Å². The van der Waals surface area contributed by atoms with Crippen LogP contribution < -0.4 is 5.32 Å². The van der Waals surface area contributed by atoms with Crippen molar-refractivity contribution in [3.63, 3.8) is 0 Å². The van der Waals surface area contributed by atoms with Crippen LogP contribution in [0.3, 0.4) is 0 Å². The van der Waals surface area contributed by atoms with Crippen LogP contribution in [0.5, 0.6) is 0 Å². The van der Waals surface area contributed by atoms with E-state index in [0.717, 1.165) is 12.6 Å². The molecule has 2 heteroatoms. The zero-order chi connectivity index (χ0) is 11.6. The van der Waals surface area contributed by atoms with Crippen molar-refractivity contribution in [1.29, 1.82) is 0 Å². The van der Waals surface area contributed by atoms with E-state index in [4.69, 9.17) is 4.74 Å². The van der Waals surface area contributed by atoms with E-state index in [1.54, 1.807) is 0 Å². The Morgan fingerprint density at radius 1 is 1.25 bits per heavy atom. The molecule has 2 rings (SSSR count). The third kappa shape index (κ3) is 2.14. The Hall–Kier alpha value is -0.0800. The molecule has 94 valence electrons. The largest absolute Gasteiger partial charge is 0.375 e. The SMILES string of the molecule is CCNC1CC(OC(C)C)C12CCCCC2. The highest BCUT2D eigenvalue weighted by Gasteiger charge is 2.55. The predicted octanol–water partition coefficient (Wildman–Crippen LogP) is 3.11. The van der Waals surface area contributed by atoms with Crippen LogP contribution in [0.2, 0.25) is 0 Å². The minimum atomic E-state index is 0.381. The third-order valence-electron chi connectivity index (χ3n) is 4.46. The predicted molar refractivity (Wildman–Crippen MR) is 67.6 cm³/mol. The Morgan fingerprint density at radius 3 is 2.50 bits per heavy atom. The lowest BCUT2D eigenvalue weighted by Gasteiger charge is -2.58. The monoisotopic (exact) mass is 225 g/mol. The zero-order valence-electron chi connectivity index (χ0n) is 11.1. The van der Waals surface area contributed by atoms with Gasteiger partial charge in [0.2, 0.25) is 0 Å². The van der Waals surface area contributed by atoms with Crippen molar-refractivity contribution in [2.24, 2.45) is 5.41 Å². The molecule has 2 aliphatic carbocycles. The molecule has 0 radical (unpaired) electrons. The van der Waals surface area contributed by atoms with Crippen LogP contribution in [0.1, 0.15) is 59.3 Å². The Morgan fingerprint density at radius 2 is 1.94 bits per heavy atom. The van der Waals surface area contributed by atoms with Crippen LogP contribution in [0.25, 0.3) is 0 Å². The summed E-state index contributed by atoms with van der Waals surface area (Å²) in [6.07, 6.45) is 9.12. The first-order chi connectivity index (χ1) is 7.69. The molecule has 0 saturated heterocycles. The molecule has 0 aromatic rings. The molecular formula is C14H27NO.